The van der Waals surface area contributed by atoms with Crippen LogP contribution >= 0.6 is 0 Å². The molecule has 2 amide bonds. The first-order valence-corrected chi connectivity index (χ1v) is 8.78. The maximum atomic E-state index is 13.7. The van der Waals surface area contributed by atoms with Gasteiger partial charge in [0.15, 0.2) is 0 Å². The molecule has 0 spiro atoms. The average Bonchev–Trinajstić information content (AvgIpc) is 2.87. The van der Waals surface area contributed by atoms with E-state index in [0.717, 1.165) is 37.3 Å². The number of nitrogens with zero attached hydrogens (tertiary/aromatic N) is 1. The molecule has 140 valence electrons. The van der Waals surface area contributed by atoms with E-state index in [0.29, 0.717) is 24.8 Å². The van der Waals surface area contributed by atoms with Crippen LogP contribution in [0, 0.1) is 11.6 Å². The standard InChI is InChI=1S/C19H22F2N2O3/c1-26-9-8-23-17-5-3-2-4-13(17)14(19(23)25)11-18(24)22-16-7-6-12(20)10-15(16)21/h6-7,10,17H,2-5,8-9,11H2,1H3,(H,22,24). The Morgan fingerprint density at radius 3 is 2.88 bits per heavy atom. The number of methoxy groups -OCH3 is 1. The molecule has 1 aliphatic heterocycles. The van der Waals surface area contributed by atoms with Crippen LogP contribution in [0.3, 0.4) is 0 Å². The SMILES string of the molecule is COCCN1C(=O)C(CC(=O)Nc2ccc(F)cc2F)=C2CCCCC21. The molecule has 1 fully saturated rings. The van der Waals surface area contributed by atoms with E-state index in [1.807, 2.05) is 0 Å². The summed E-state index contributed by atoms with van der Waals surface area (Å²) in [4.78, 5) is 26.9. The number of nitrogens with one attached hydrogen (secondary N) is 1. The first kappa shape index (κ1) is 18.5. The molecule has 1 aliphatic carbocycles. The number of hydrogen-bond acceptors (Lipinski definition) is 3. The number of carbonyl (C=O) groups is 2. The highest BCUT2D eigenvalue weighted by Gasteiger charge is 2.40. The van der Waals surface area contributed by atoms with Gasteiger partial charge in [0.05, 0.1) is 24.8 Å². The van der Waals surface area contributed by atoms with Crippen molar-refractivity contribution in [2.45, 2.75) is 38.1 Å². The largest absolute Gasteiger partial charge is 0.383 e. The lowest BCUT2D eigenvalue weighted by Crippen LogP contribution is -2.39. The van der Waals surface area contributed by atoms with E-state index in [4.69, 9.17) is 4.74 Å². The Balaban J connectivity index is 1.74. The van der Waals surface area contributed by atoms with Crippen molar-refractivity contribution in [2.75, 3.05) is 25.6 Å². The topological polar surface area (TPSA) is 58.6 Å². The molecule has 1 atom stereocenters. The smallest absolute Gasteiger partial charge is 0.250 e. The Bertz CT molecular complexity index is 748. The minimum absolute atomic E-state index is 0.0387. The number of ether oxygens (including phenoxy) is 1. The number of halogens is 2. The highest BCUT2D eigenvalue weighted by atomic mass is 19.1. The molecule has 1 N–H and O–H groups in total. The predicted octanol–water partition coefficient (Wildman–Crippen LogP) is 3.02. The van der Waals surface area contributed by atoms with E-state index < -0.39 is 17.5 Å². The van der Waals surface area contributed by atoms with Gasteiger partial charge in [-0.05, 0) is 37.0 Å². The van der Waals surface area contributed by atoms with Crippen LogP contribution in [0.2, 0.25) is 0 Å². The molecule has 1 saturated carbocycles. The highest BCUT2D eigenvalue weighted by Crippen LogP contribution is 2.37. The summed E-state index contributed by atoms with van der Waals surface area (Å²) in [6.07, 6.45) is 3.63. The minimum atomic E-state index is -0.842. The van der Waals surface area contributed by atoms with Crippen molar-refractivity contribution in [3.05, 3.63) is 41.0 Å². The van der Waals surface area contributed by atoms with Gasteiger partial charge in [0, 0.05) is 25.3 Å². The number of benzene rings is 1. The van der Waals surface area contributed by atoms with Crippen molar-refractivity contribution in [1.82, 2.24) is 4.90 Å². The van der Waals surface area contributed by atoms with Crippen LogP contribution in [0.5, 0.6) is 0 Å². The molecule has 0 bridgehead atoms. The van der Waals surface area contributed by atoms with Crippen molar-refractivity contribution in [1.29, 1.82) is 0 Å². The molecule has 0 aromatic heterocycles. The molecule has 1 aromatic rings. The molecule has 5 nitrogen and oxygen atoms in total. The lowest BCUT2D eigenvalue weighted by Gasteiger charge is -2.29. The molecule has 1 heterocycles. The monoisotopic (exact) mass is 364 g/mol. The quantitative estimate of drug-likeness (QED) is 0.844. The zero-order valence-corrected chi connectivity index (χ0v) is 14.7. The first-order valence-electron chi connectivity index (χ1n) is 8.78. The molecule has 0 radical (unpaired) electrons. The normalized spacial score (nSPS) is 19.7. The number of fused-ring (bicyclic) bond motifs is 1. The fourth-order valence-corrected chi connectivity index (χ4v) is 3.72. The van der Waals surface area contributed by atoms with Gasteiger partial charge in [-0.25, -0.2) is 8.78 Å². The Hall–Kier alpha value is -2.28. The van der Waals surface area contributed by atoms with E-state index in [9.17, 15) is 18.4 Å². The third-order valence-corrected chi connectivity index (χ3v) is 4.94. The summed E-state index contributed by atoms with van der Waals surface area (Å²) in [5.41, 5.74) is 1.43. The molecule has 2 aliphatic rings. The number of hydrogen-bond donors (Lipinski definition) is 1. The van der Waals surface area contributed by atoms with Gasteiger partial charge in [-0.1, -0.05) is 6.42 Å². The Morgan fingerprint density at radius 2 is 2.15 bits per heavy atom. The third-order valence-electron chi connectivity index (χ3n) is 4.94. The molecule has 26 heavy (non-hydrogen) atoms. The van der Waals surface area contributed by atoms with Crippen LogP contribution in [0.15, 0.2) is 29.3 Å². The second kappa shape index (κ2) is 7.95. The Morgan fingerprint density at radius 1 is 1.35 bits per heavy atom. The molecule has 1 unspecified atom stereocenters. The van der Waals surface area contributed by atoms with Crippen molar-refractivity contribution in [3.8, 4) is 0 Å². The second-order valence-electron chi connectivity index (χ2n) is 6.61. The van der Waals surface area contributed by atoms with Gasteiger partial charge in [-0.3, -0.25) is 9.59 Å². The maximum Gasteiger partial charge on any atom is 0.250 e. The molecule has 1 aromatic carbocycles. The zero-order chi connectivity index (χ0) is 18.7. The van der Waals surface area contributed by atoms with Gasteiger partial charge in [0.25, 0.3) is 5.91 Å². The van der Waals surface area contributed by atoms with Crippen LogP contribution in [0.4, 0.5) is 14.5 Å². The lowest BCUT2D eigenvalue weighted by molar-refractivity contribution is -0.129. The highest BCUT2D eigenvalue weighted by molar-refractivity contribution is 6.04. The van der Waals surface area contributed by atoms with Crippen LogP contribution in [0.25, 0.3) is 0 Å². The van der Waals surface area contributed by atoms with E-state index in [-0.39, 0.29) is 24.1 Å². The zero-order valence-electron chi connectivity index (χ0n) is 14.7. The first-order chi connectivity index (χ1) is 12.5. The molecule has 0 saturated heterocycles. The number of carbonyl (C=O) groups excluding carboxylic acids is 2. The fourth-order valence-electron chi connectivity index (χ4n) is 3.72. The fraction of sp³-hybridized carbons (Fsp3) is 0.474. The van der Waals surface area contributed by atoms with Crippen LogP contribution in [-0.4, -0.2) is 43.0 Å². The summed E-state index contributed by atoms with van der Waals surface area (Å²) in [6.45, 7) is 0.928. The molecular formula is C19H22F2N2O3. The summed E-state index contributed by atoms with van der Waals surface area (Å²) in [6, 6.07) is 2.99. The number of amides is 2. The van der Waals surface area contributed by atoms with Crippen molar-refractivity contribution < 1.29 is 23.1 Å². The van der Waals surface area contributed by atoms with Crippen LogP contribution < -0.4 is 5.32 Å². The predicted molar refractivity (Wildman–Crippen MR) is 92.5 cm³/mol. The second-order valence-corrected chi connectivity index (χ2v) is 6.61. The molecule has 3 rings (SSSR count). The summed E-state index contributed by atoms with van der Waals surface area (Å²) < 4.78 is 31.8. The lowest BCUT2D eigenvalue weighted by atomic mass is 9.88. The van der Waals surface area contributed by atoms with Gasteiger partial charge < -0.3 is 15.0 Å². The van der Waals surface area contributed by atoms with Gasteiger partial charge in [-0.2, -0.15) is 0 Å². The summed E-state index contributed by atoms with van der Waals surface area (Å²) in [5.74, 6) is -2.18. The van der Waals surface area contributed by atoms with Crippen molar-refractivity contribution in [2.24, 2.45) is 0 Å². The van der Waals surface area contributed by atoms with Crippen molar-refractivity contribution in [3.63, 3.8) is 0 Å². The molecule has 7 heteroatoms. The summed E-state index contributed by atoms with van der Waals surface area (Å²) in [7, 11) is 1.58. The summed E-state index contributed by atoms with van der Waals surface area (Å²) in [5, 5.41) is 2.43. The Kier molecular flexibility index (Phi) is 5.66. The van der Waals surface area contributed by atoms with Crippen molar-refractivity contribution >= 4 is 17.5 Å². The van der Waals surface area contributed by atoms with Crippen LogP contribution in [-0.2, 0) is 14.3 Å². The molecular weight excluding hydrogens is 342 g/mol. The van der Waals surface area contributed by atoms with Gasteiger partial charge in [-0.15, -0.1) is 0 Å². The number of rotatable bonds is 6. The van der Waals surface area contributed by atoms with E-state index in [2.05, 4.69) is 5.32 Å². The van der Waals surface area contributed by atoms with Crippen LogP contribution in [0.1, 0.15) is 32.1 Å². The average molecular weight is 364 g/mol. The minimum Gasteiger partial charge on any atom is -0.383 e. The van der Waals surface area contributed by atoms with E-state index in [1.54, 1.807) is 12.0 Å². The van der Waals surface area contributed by atoms with E-state index in [1.165, 1.54) is 6.07 Å². The van der Waals surface area contributed by atoms with Gasteiger partial charge in [0.1, 0.15) is 11.6 Å². The van der Waals surface area contributed by atoms with E-state index >= 15 is 0 Å². The number of anilines is 1. The van der Waals surface area contributed by atoms with Gasteiger partial charge >= 0.3 is 0 Å². The summed E-state index contributed by atoms with van der Waals surface area (Å²) >= 11 is 0. The maximum absolute atomic E-state index is 13.7. The third kappa shape index (κ3) is 3.77. The Labute approximate surface area is 151 Å². The van der Waals surface area contributed by atoms with Gasteiger partial charge in [0.2, 0.25) is 5.91 Å².